The van der Waals surface area contributed by atoms with E-state index in [1.807, 2.05) is 31.2 Å². The van der Waals surface area contributed by atoms with Gasteiger partial charge in [0.2, 0.25) is 0 Å². The van der Waals surface area contributed by atoms with Crippen molar-refractivity contribution in [3.8, 4) is 5.69 Å². The van der Waals surface area contributed by atoms with Crippen molar-refractivity contribution >= 4 is 33.5 Å². The van der Waals surface area contributed by atoms with Gasteiger partial charge in [-0.3, -0.25) is 9.00 Å². The van der Waals surface area contributed by atoms with Crippen LogP contribution in [0.5, 0.6) is 0 Å². The van der Waals surface area contributed by atoms with Crippen LogP contribution in [0, 0.1) is 6.92 Å². The normalized spacial score (nSPS) is 15.3. The number of anilines is 1. The summed E-state index contributed by atoms with van der Waals surface area (Å²) < 4.78 is 19.0. The number of rotatable bonds is 3. The van der Waals surface area contributed by atoms with Gasteiger partial charge in [-0.15, -0.1) is 0 Å². The third kappa shape index (κ3) is 3.05. The number of nitrogens with one attached hydrogen (secondary N) is 1. The molecule has 1 amide bonds. The van der Waals surface area contributed by atoms with E-state index in [4.69, 9.17) is 4.42 Å². The second kappa shape index (κ2) is 7.07. The summed E-state index contributed by atoms with van der Waals surface area (Å²) in [5.74, 6) is 0.491. The Kier molecular flexibility index (Phi) is 4.36. The Morgan fingerprint density at radius 3 is 2.73 bits per heavy atom. The summed E-state index contributed by atoms with van der Waals surface area (Å²) in [6.07, 6.45) is 0. The number of amides is 1. The molecular weight excluding hydrogens is 402 g/mol. The number of benzene rings is 2. The fourth-order valence-corrected chi connectivity index (χ4v) is 4.89. The fourth-order valence-electron chi connectivity index (χ4n) is 3.63. The number of aromatic nitrogens is 2. The maximum atomic E-state index is 13.0. The van der Waals surface area contributed by atoms with Crippen LogP contribution in [0.3, 0.4) is 0 Å². The minimum atomic E-state index is -1.06. The number of aryl methyl sites for hydroxylation is 1. The number of hydrogen-bond donors (Lipinski definition) is 1. The Labute approximate surface area is 173 Å². The highest BCUT2D eigenvalue weighted by atomic mass is 32.2. The number of carbonyl (C=O) groups is 1. The maximum Gasteiger partial charge on any atom is 0.349 e. The van der Waals surface area contributed by atoms with Crippen LogP contribution < -0.4 is 10.9 Å². The van der Waals surface area contributed by atoms with Gasteiger partial charge in [0.1, 0.15) is 17.0 Å². The number of nitrogens with zero attached hydrogens (tertiary/aromatic N) is 2. The van der Waals surface area contributed by atoms with Crippen LogP contribution in [-0.4, -0.2) is 19.9 Å². The van der Waals surface area contributed by atoms with E-state index < -0.39 is 22.3 Å². The topological polar surface area (TPSA) is 94.2 Å². The molecule has 0 unspecified atom stereocenters. The third-order valence-corrected chi connectivity index (χ3v) is 6.34. The molecule has 1 aliphatic rings. The zero-order valence-electron chi connectivity index (χ0n) is 16.0. The van der Waals surface area contributed by atoms with Crippen LogP contribution >= 0.6 is 0 Å². The Balaban J connectivity index is 1.60. The summed E-state index contributed by atoms with van der Waals surface area (Å²) in [6.45, 7) is 1.95. The molecule has 150 valence electrons. The average molecular weight is 419 g/mol. The molecule has 0 aliphatic carbocycles. The van der Waals surface area contributed by atoms with Gasteiger partial charge in [0, 0.05) is 21.7 Å². The first-order valence-electron chi connectivity index (χ1n) is 9.37. The molecule has 8 heteroatoms. The molecule has 7 nitrogen and oxygen atoms in total. The van der Waals surface area contributed by atoms with E-state index in [2.05, 4.69) is 10.4 Å². The smallest absolute Gasteiger partial charge is 0.349 e. The van der Waals surface area contributed by atoms with Gasteiger partial charge >= 0.3 is 5.63 Å². The largest absolute Gasteiger partial charge is 0.422 e. The fraction of sp³-hybridized carbons (Fsp3) is 0.136. The molecule has 3 heterocycles. The van der Waals surface area contributed by atoms with E-state index in [9.17, 15) is 13.8 Å². The molecule has 0 saturated carbocycles. The van der Waals surface area contributed by atoms with Crippen LogP contribution in [0.2, 0.25) is 0 Å². The quantitative estimate of drug-likeness (QED) is 0.514. The molecule has 4 aromatic rings. The summed E-state index contributed by atoms with van der Waals surface area (Å²) >= 11 is 0. The van der Waals surface area contributed by atoms with E-state index in [1.54, 1.807) is 28.9 Å². The Bertz CT molecular complexity index is 1400. The number of para-hydroxylation sites is 2. The molecule has 30 heavy (non-hydrogen) atoms. The van der Waals surface area contributed by atoms with E-state index in [1.165, 1.54) is 6.07 Å². The van der Waals surface area contributed by atoms with Gasteiger partial charge in [0.05, 0.1) is 22.9 Å². The first kappa shape index (κ1) is 18.5. The maximum absolute atomic E-state index is 13.0. The standard InChI is InChI=1S/C22H17N3O4S/c1-13-6-2-4-8-18(13)25-20(16-11-30(28)12-17(16)24-25)23-21(26)15-10-14-7-3-5-9-19(14)29-22(15)27/h2-10H,11-12H2,1H3,(H,23,26)/t30-/m0/s1. The highest BCUT2D eigenvalue weighted by Crippen LogP contribution is 2.32. The average Bonchev–Trinajstić information content (AvgIpc) is 3.24. The second-order valence-electron chi connectivity index (χ2n) is 7.14. The van der Waals surface area contributed by atoms with Crippen molar-refractivity contribution in [1.29, 1.82) is 0 Å². The Morgan fingerprint density at radius 1 is 1.13 bits per heavy atom. The van der Waals surface area contributed by atoms with E-state index >= 15 is 0 Å². The van der Waals surface area contributed by atoms with Crippen LogP contribution in [0.15, 0.2) is 63.8 Å². The lowest BCUT2D eigenvalue weighted by atomic mass is 10.1. The summed E-state index contributed by atoms with van der Waals surface area (Å²) in [5.41, 5.74) is 2.80. The minimum Gasteiger partial charge on any atom is -0.422 e. The summed E-state index contributed by atoms with van der Waals surface area (Å²) in [6, 6.07) is 16.2. The molecule has 0 saturated heterocycles. The van der Waals surface area contributed by atoms with Gasteiger partial charge in [-0.25, -0.2) is 9.48 Å². The Morgan fingerprint density at radius 2 is 1.90 bits per heavy atom. The highest BCUT2D eigenvalue weighted by molar-refractivity contribution is 7.83. The molecule has 2 aromatic carbocycles. The molecule has 0 radical (unpaired) electrons. The van der Waals surface area contributed by atoms with Crippen molar-refractivity contribution in [3.05, 3.63) is 87.4 Å². The molecule has 0 spiro atoms. The first-order chi connectivity index (χ1) is 14.5. The second-order valence-corrected chi connectivity index (χ2v) is 8.60. The predicted octanol–water partition coefficient (Wildman–Crippen LogP) is 3.30. The van der Waals surface area contributed by atoms with Crippen molar-refractivity contribution in [3.63, 3.8) is 0 Å². The van der Waals surface area contributed by atoms with Crippen molar-refractivity contribution < 1.29 is 13.4 Å². The lowest BCUT2D eigenvalue weighted by Crippen LogP contribution is -2.23. The Hall–Kier alpha value is -3.52. The van der Waals surface area contributed by atoms with Crippen molar-refractivity contribution in [1.82, 2.24) is 9.78 Å². The van der Waals surface area contributed by atoms with E-state index in [0.717, 1.165) is 16.8 Å². The van der Waals surface area contributed by atoms with Gasteiger partial charge < -0.3 is 9.73 Å². The summed E-state index contributed by atoms with van der Waals surface area (Å²) in [4.78, 5) is 25.4. The SMILES string of the molecule is Cc1ccccc1-n1nc2c(c1NC(=O)c1cc3ccccc3oc1=O)C[S@](=O)C2. The van der Waals surface area contributed by atoms with Gasteiger partial charge in [-0.2, -0.15) is 5.10 Å². The monoisotopic (exact) mass is 419 g/mol. The zero-order valence-corrected chi connectivity index (χ0v) is 16.9. The molecule has 1 atom stereocenters. The summed E-state index contributed by atoms with van der Waals surface area (Å²) in [7, 11) is -1.06. The lowest BCUT2D eigenvalue weighted by molar-refractivity contribution is 0.102. The summed E-state index contributed by atoms with van der Waals surface area (Å²) in [5, 5.41) is 8.08. The molecule has 0 fully saturated rings. The van der Waals surface area contributed by atoms with Crippen LogP contribution in [0.25, 0.3) is 16.7 Å². The van der Waals surface area contributed by atoms with Crippen molar-refractivity contribution in [2.24, 2.45) is 0 Å². The first-order valence-corrected chi connectivity index (χ1v) is 10.9. The van der Waals surface area contributed by atoms with Gasteiger partial charge in [0.25, 0.3) is 5.91 Å². The molecule has 1 N–H and O–H groups in total. The van der Waals surface area contributed by atoms with Gasteiger partial charge in [-0.05, 0) is 30.7 Å². The van der Waals surface area contributed by atoms with Crippen molar-refractivity contribution in [2.75, 3.05) is 5.32 Å². The molecule has 1 aliphatic heterocycles. The molecule has 2 aromatic heterocycles. The van der Waals surface area contributed by atoms with Crippen molar-refractivity contribution in [2.45, 2.75) is 18.4 Å². The number of hydrogen-bond acceptors (Lipinski definition) is 5. The number of fused-ring (bicyclic) bond motifs is 2. The van der Waals surface area contributed by atoms with E-state index in [-0.39, 0.29) is 5.56 Å². The van der Waals surface area contributed by atoms with Crippen LogP contribution in [0.4, 0.5) is 5.82 Å². The predicted molar refractivity (Wildman–Crippen MR) is 114 cm³/mol. The molecule has 5 rings (SSSR count). The van der Waals surface area contributed by atoms with Gasteiger partial charge in [0.15, 0.2) is 0 Å². The third-order valence-electron chi connectivity index (χ3n) is 5.13. The zero-order chi connectivity index (χ0) is 20.8. The molecular formula is C22H17N3O4S. The lowest BCUT2D eigenvalue weighted by Gasteiger charge is -2.12. The minimum absolute atomic E-state index is 0.0981. The van der Waals surface area contributed by atoms with Crippen LogP contribution in [0.1, 0.15) is 27.2 Å². The molecule has 0 bridgehead atoms. The number of carbonyl (C=O) groups excluding carboxylic acids is 1. The van der Waals surface area contributed by atoms with Gasteiger partial charge in [-0.1, -0.05) is 36.4 Å². The van der Waals surface area contributed by atoms with Crippen LogP contribution in [-0.2, 0) is 22.3 Å². The van der Waals surface area contributed by atoms with E-state index in [0.29, 0.717) is 34.0 Å². The highest BCUT2D eigenvalue weighted by Gasteiger charge is 2.29.